The predicted octanol–water partition coefficient (Wildman–Crippen LogP) is 4.50. The van der Waals surface area contributed by atoms with Gasteiger partial charge in [0.1, 0.15) is 0 Å². The zero-order chi connectivity index (χ0) is 16.7. The van der Waals surface area contributed by atoms with E-state index in [1.807, 2.05) is 30.2 Å². The SMILES string of the molecule is c1csc(Sc2cnc(N3CCC4(CCCC4)CC3)n3ccnc23)n1. The fourth-order valence-corrected chi connectivity index (χ4v) is 5.99. The lowest BCUT2D eigenvalue weighted by Gasteiger charge is -2.39. The molecule has 3 aromatic heterocycles. The number of fused-ring (bicyclic) bond motifs is 1. The smallest absolute Gasteiger partial charge is 0.211 e. The summed E-state index contributed by atoms with van der Waals surface area (Å²) in [6.45, 7) is 2.22. The summed E-state index contributed by atoms with van der Waals surface area (Å²) in [4.78, 5) is 17.2. The Labute approximate surface area is 155 Å². The van der Waals surface area contributed by atoms with Gasteiger partial charge in [-0.15, -0.1) is 11.3 Å². The lowest BCUT2D eigenvalue weighted by atomic mass is 9.77. The van der Waals surface area contributed by atoms with E-state index in [0.717, 1.165) is 33.9 Å². The number of hydrogen-bond acceptors (Lipinski definition) is 6. The van der Waals surface area contributed by atoms with Gasteiger partial charge in [-0.3, -0.25) is 4.40 Å². The molecule has 0 aromatic carbocycles. The van der Waals surface area contributed by atoms with Crippen molar-refractivity contribution in [3.05, 3.63) is 30.2 Å². The Bertz CT molecular complexity index is 857. The van der Waals surface area contributed by atoms with E-state index in [9.17, 15) is 0 Å². The number of hydrogen-bond donors (Lipinski definition) is 0. The van der Waals surface area contributed by atoms with Gasteiger partial charge in [-0.1, -0.05) is 24.6 Å². The van der Waals surface area contributed by atoms with Crippen molar-refractivity contribution >= 4 is 34.7 Å². The van der Waals surface area contributed by atoms with Crippen molar-refractivity contribution in [2.45, 2.75) is 47.8 Å². The van der Waals surface area contributed by atoms with Gasteiger partial charge in [0.15, 0.2) is 9.99 Å². The highest BCUT2D eigenvalue weighted by atomic mass is 32.2. The first kappa shape index (κ1) is 15.6. The predicted molar refractivity (Wildman–Crippen MR) is 102 cm³/mol. The molecule has 3 aromatic rings. The maximum absolute atomic E-state index is 4.80. The van der Waals surface area contributed by atoms with Crippen LogP contribution in [0.4, 0.5) is 5.95 Å². The molecule has 1 saturated carbocycles. The molecule has 0 atom stereocenters. The Hall–Kier alpha value is -1.60. The summed E-state index contributed by atoms with van der Waals surface area (Å²) < 4.78 is 3.17. The van der Waals surface area contributed by atoms with Crippen LogP contribution in [0, 0.1) is 5.41 Å². The van der Waals surface area contributed by atoms with E-state index in [4.69, 9.17) is 4.98 Å². The van der Waals surface area contributed by atoms with Gasteiger partial charge in [0.05, 0.1) is 4.90 Å². The van der Waals surface area contributed by atoms with Crippen LogP contribution < -0.4 is 4.90 Å². The third kappa shape index (κ3) is 2.83. The van der Waals surface area contributed by atoms with E-state index < -0.39 is 0 Å². The number of nitrogens with zero attached hydrogens (tertiary/aromatic N) is 5. The van der Waals surface area contributed by atoms with Crippen molar-refractivity contribution in [1.82, 2.24) is 19.4 Å². The molecule has 0 amide bonds. The normalized spacial score (nSPS) is 19.9. The van der Waals surface area contributed by atoms with Gasteiger partial charge in [0.2, 0.25) is 5.95 Å². The molecule has 0 bridgehead atoms. The van der Waals surface area contributed by atoms with Crippen molar-refractivity contribution in [2.24, 2.45) is 5.41 Å². The standard InChI is InChI=1S/C18H21N5S2/c1-2-4-18(3-1)5-9-22(10-6-18)16-21-13-14(15-19-7-11-23(15)16)25-17-20-8-12-24-17/h7-8,11-13H,1-6,9-10H2. The first-order chi connectivity index (χ1) is 12.3. The number of imidazole rings is 1. The van der Waals surface area contributed by atoms with E-state index in [0.29, 0.717) is 5.41 Å². The molecule has 1 spiro atoms. The third-order valence-electron chi connectivity index (χ3n) is 5.75. The minimum Gasteiger partial charge on any atom is -0.342 e. The van der Waals surface area contributed by atoms with Crippen molar-refractivity contribution in [3.63, 3.8) is 0 Å². The minimum absolute atomic E-state index is 0.630. The van der Waals surface area contributed by atoms with E-state index >= 15 is 0 Å². The molecule has 0 unspecified atom stereocenters. The highest BCUT2D eigenvalue weighted by Crippen LogP contribution is 2.46. The van der Waals surface area contributed by atoms with Crippen LogP contribution >= 0.6 is 23.1 Å². The highest BCUT2D eigenvalue weighted by Gasteiger charge is 2.37. The minimum atomic E-state index is 0.630. The summed E-state index contributed by atoms with van der Waals surface area (Å²) in [7, 11) is 0. The quantitative estimate of drug-likeness (QED) is 0.678. The van der Waals surface area contributed by atoms with Crippen LogP contribution in [0.5, 0.6) is 0 Å². The summed E-state index contributed by atoms with van der Waals surface area (Å²) in [5, 5.41) is 2.00. The Morgan fingerprint density at radius 3 is 2.60 bits per heavy atom. The second kappa shape index (κ2) is 6.29. The second-order valence-electron chi connectivity index (χ2n) is 7.14. The fourth-order valence-electron chi connectivity index (χ4n) is 4.35. The van der Waals surface area contributed by atoms with Gasteiger partial charge < -0.3 is 4.90 Å². The average Bonchev–Trinajstić information content (AvgIpc) is 3.38. The maximum atomic E-state index is 4.80. The molecule has 5 nitrogen and oxygen atoms in total. The zero-order valence-electron chi connectivity index (χ0n) is 14.1. The Kier molecular flexibility index (Phi) is 3.93. The van der Waals surface area contributed by atoms with Crippen LogP contribution in [0.15, 0.2) is 39.4 Å². The van der Waals surface area contributed by atoms with Crippen LogP contribution in [0.2, 0.25) is 0 Å². The van der Waals surface area contributed by atoms with Crippen molar-refractivity contribution in [1.29, 1.82) is 0 Å². The molecule has 1 aliphatic heterocycles. The van der Waals surface area contributed by atoms with Gasteiger partial charge in [0.25, 0.3) is 0 Å². The number of anilines is 1. The monoisotopic (exact) mass is 371 g/mol. The van der Waals surface area contributed by atoms with Crippen molar-refractivity contribution in [2.75, 3.05) is 18.0 Å². The van der Waals surface area contributed by atoms with Gasteiger partial charge in [0, 0.05) is 43.3 Å². The molecule has 130 valence electrons. The van der Waals surface area contributed by atoms with Gasteiger partial charge >= 0.3 is 0 Å². The molecule has 2 fully saturated rings. The second-order valence-corrected chi connectivity index (χ2v) is 9.32. The van der Waals surface area contributed by atoms with Crippen LogP contribution in [-0.4, -0.2) is 32.4 Å². The lowest BCUT2D eigenvalue weighted by molar-refractivity contribution is 0.225. The van der Waals surface area contributed by atoms with E-state index in [-0.39, 0.29) is 0 Å². The van der Waals surface area contributed by atoms with Crippen molar-refractivity contribution in [3.8, 4) is 0 Å². The van der Waals surface area contributed by atoms with Gasteiger partial charge in [-0.2, -0.15) is 0 Å². The first-order valence-electron chi connectivity index (χ1n) is 8.97. The molecule has 0 radical (unpaired) electrons. The Balaban J connectivity index is 1.42. The first-order valence-corrected chi connectivity index (χ1v) is 10.7. The summed E-state index contributed by atoms with van der Waals surface area (Å²) in [6, 6.07) is 0. The average molecular weight is 372 g/mol. The maximum Gasteiger partial charge on any atom is 0.211 e. The molecule has 5 rings (SSSR count). The summed E-state index contributed by atoms with van der Waals surface area (Å²) in [6.07, 6.45) is 16.0. The molecule has 7 heteroatoms. The van der Waals surface area contributed by atoms with Crippen molar-refractivity contribution < 1.29 is 0 Å². The van der Waals surface area contributed by atoms with E-state index in [1.165, 1.54) is 38.5 Å². The molecule has 25 heavy (non-hydrogen) atoms. The van der Waals surface area contributed by atoms with Crippen LogP contribution in [0.3, 0.4) is 0 Å². The van der Waals surface area contributed by atoms with E-state index in [2.05, 4.69) is 19.3 Å². The molecule has 1 aliphatic carbocycles. The number of aromatic nitrogens is 4. The molecular formula is C18H21N5S2. The Morgan fingerprint density at radius 1 is 1.00 bits per heavy atom. The summed E-state index contributed by atoms with van der Waals surface area (Å²) >= 11 is 3.29. The molecule has 2 aliphatic rings. The van der Waals surface area contributed by atoms with Gasteiger partial charge in [-0.05, 0) is 31.1 Å². The number of rotatable bonds is 3. The number of piperidine rings is 1. The van der Waals surface area contributed by atoms with Crippen LogP contribution in [0.1, 0.15) is 38.5 Å². The third-order valence-corrected chi connectivity index (χ3v) is 7.64. The fraction of sp³-hybridized carbons (Fsp3) is 0.500. The highest BCUT2D eigenvalue weighted by molar-refractivity contribution is 8.01. The lowest BCUT2D eigenvalue weighted by Crippen LogP contribution is -2.40. The summed E-state index contributed by atoms with van der Waals surface area (Å²) in [5.74, 6) is 1.03. The van der Waals surface area contributed by atoms with Crippen LogP contribution in [0.25, 0.3) is 5.65 Å². The topological polar surface area (TPSA) is 46.3 Å². The largest absolute Gasteiger partial charge is 0.342 e. The summed E-state index contributed by atoms with van der Waals surface area (Å²) in [5.41, 5.74) is 1.61. The van der Waals surface area contributed by atoms with E-state index in [1.54, 1.807) is 23.1 Å². The molecule has 4 heterocycles. The number of thiazole rings is 1. The molecule has 1 saturated heterocycles. The zero-order valence-corrected chi connectivity index (χ0v) is 15.7. The van der Waals surface area contributed by atoms with Crippen LogP contribution in [-0.2, 0) is 0 Å². The Morgan fingerprint density at radius 2 is 1.84 bits per heavy atom. The molecular weight excluding hydrogens is 350 g/mol. The molecule has 0 N–H and O–H groups in total. The van der Waals surface area contributed by atoms with Gasteiger partial charge in [-0.25, -0.2) is 15.0 Å².